The van der Waals surface area contributed by atoms with Gasteiger partial charge in [-0.15, -0.1) is 0 Å². The van der Waals surface area contributed by atoms with Crippen LogP contribution in [0.25, 0.3) is 0 Å². The minimum atomic E-state index is 0.645. The smallest absolute Gasteiger partial charge is 0.00387 e. The van der Waals surface area contributed by atoms with Crippen molar-refractivity contribution in [3.8, 4) is 0 Å². The second-order valence-corrected chi connectivity index (χ2v) is 5.23. The molecule has 0 aliphatic carbocycles. The lowest BCUT2D eigenvalue weighted by Crippen LogP contribution is -2.25. The Kier molecular flexibility index (Phi) is 5.70. The maximum Gasteiger partial charge on any atom is 0.00387 e. The van der Waals surface area contributed by atoms with Crippen LogP contribution in [0.3, 0.4) is 0 Å². The van der Waals surface area contributed by atoms with Gasteiger partial charge in [0.15, 0.2) is 0 Å². The van der Waals surface area contributed by atoms with E-state index >= 15 is 0 Å². The fraction of sp³-hybridized carbons (Fsp3) is 0.625. The van der Waals surface area contributed by atoms with Gasteiger partial charge in [-0.3, -0.25) is 0 Å². The second-order valence-electron chi connectivity index (χ2n) is 5.23. The number of benzene rings is 1. The van der Waals surface area contributed by atoms with Crippen molar-refractivity contribution >= 4 is 0 Å². The summed E-state index contributed by atoms with van der Waals surface area (Å²) in [5, 5.41) is 3.47. The van der Waals surface area contributed by atoms with Gasteiger partial charge in [-0.1, -0.05) is 24.6 Å². The van der Waals surface area contributed by atoms with Crippen molar-refractivity contribution < 1.29 is 0 Å². The van der Waals surface area contributed by atoms with Gasteiger partial charge in [-0.05, 0) is 70.2 Å². The monoisotopic (exact) mass is 233 g/mol. The quantitative estimate of drug-likeness (QED) is 0.785. The summed E-state index contributed by atoms with van der Waals surface area (Å²) in [4.78, 5) is 0. The minimum Gasteiger partial charge on any atom is -0.315 e. The van der Waals surface area contributed by atoms with Gasteiger partial charge in [0.05, 0.1) is 0 Å². The summed E-state index contributed by atoms with van der Waals surface area (Å²) in [5.74, 6) is 0. The van der Waals surface area contributed by atoms with Gasteiger partial charge < -0.3 is 5.32 Å². The molecular weight excluding hydrogens is 206 g/mol. The van der Waals surface area contributed by atoms with Crippen LogP contribution in [0.15, 0.2) is 12.1 Å². The first kappa shape index (κ1) is 14.2. The zero-order valence-electron chi connectivity index (χ0n) is 12.1. The first-order chi connectivity index (χ1) is 8.04. The maximum atomic E-state index is 3.47. The number of aryl methyl sites for hydroxylation is 3. The molecule has 1 N–H and O–H groups in total. The van der Waals surface area contributed by atoms with Crippen molar-refractivity contribution in [3.63, 3.8) is 0 Å². The summed E-state index contributed by atoms with van der Waals surface area (Å²) in [7, 11) is 0. The molecule has 1 rings (SSSR count). The molecule has 0 spiro atoms. The molecule has 96 valence electrons. The minimum absolute atomic E-state index is 0.645. The first-order valence-electron chi connectivity index (χ1n) is 6.84. The molecule has 1 unspecified atom stereocenters. The van der Waals surface area contributed by atoms with Crippen LogP contribution in [-0.4, -0.2) is 12.6 Å². The summed E-state index contributed by atoms with van der Waals surface area (Å²) in [6.45, 7) is 12.2. The van der Waals surface area contributed by atoms with Crippen LogP contribution < -0.4 is 5.32 Å². The van der Waals surface area contributed by atoms with E-state index in [2.05, 4.69) is 52.1 Å². The standard InChI is InChI=1S/C16H27N/c1-6-17-15(5)8-7-9-16-13(3)10-12(2)11-14(16)4/h10-11,15,17H,6-9H2,1-5H3. The van der Waals surface area contributed by atoms with Gasteiger partial charge in [0.25, 0.3) is 0 Å². The third kappa shape index (κ3) is 4.51. The molecule has 0 saturated carbocycles. The number of hydrogen-bond donors (Lipinski definition) is 1. The van der Waals surface area contributed by atoms with E-state index in [1.807, 2.05) is 0 Å². The van der Waals surface area contributed by atoms with Crippen LogP contribution in [0.5, 0.6) is 0 Å². The normalized spacial score (nSPS) is 12.8. The van der Waals surface area contributed by atoms with Crippen molar-refractivity contribution in [1.82, 2.24) is 5.32 Å². The second kappa shape index (κ2) is 6.80. The van der Waals surface area contributed by atoms with Crippen molar-refractivity contribution in [2.45, 2.75) is 59.9 Å². The molecule has 0 amide bonds. The predicted molar refractivity (Wildman–Crippen MR) is 76.7 cm³/mol. The van der Waals surface area contributed by atoms with Crippen molar-refractivity contribution in [3.05, 3.63) is 34.4 Å². The van der Waals surface area contributed by atoms with E-state index in [-0.39, 0.29) is 0 Å². The number of nitrogens with one attached hydrogen (secondary N) is 1. The highest BCUT2D eigenvalue weighted by molar-refractivity contribution is 5.37. The Morgan fingerprint density at radius 2 is 1.71 bits per heavy atom. The number of hydrogen-bond acceptors (Lipinski definition) is 1. The molecule has 0 fully saturated rings. The van der Waals surface area contributed by atoms with Gasteiger partial charge in [-0.25, -0.2) is 0 Å². The fourth-order valence-corrected chi connectivity index (χ4v) is 2.64. The van der Waals surface area contributed by atoms with Crippen LogP contribution in [-0.2, 0) is 6.42 Å². The molecule has 1 nitrogen and oxygen atoms in total. The lowest BCUT2D eigenvalue weighted by atomic mass is 9.95. The van der Waals surface area contributed by atoms with Gasteiger partial charge >= 0.3 is 0 Å². The van der Waals surface area contributed by atoms with Crippen LogP contribution in [0.2, 0.25) is 0 Å². The van der Waals surface area contributed by atoms with E-state index < -0.39 is 0 Å². The zero-order chi connectivity index (χ0) is 12.8. The molecular formula is C16H27N. The molecule has 1 aromatic rings. The molecule has 0 aliphatic heterocycles. The Morgan fingerprint density at radius 3 is 2.24 bits per heavy atom. The van der Waals surface area contributed by atoms with Gasteiger partial charge in [-0.2, -0.15) is 0 Å². The van der Waals surface area contributed by atoms with E-state index in [9.17, 15) is 0 Å². The Hall–Kier alpha value is -0.820. The van der Waals surface area contributed by atoms with Gasteiger partial charge in [0.1, 0.15) is 0 Å². The highest BCUT2D eigenvalue weighted by Crippen LogP contribution is 2.18. The Labute approximate surface area is 107 Å². The maximum absolute atomic E-state index is 3.47. The molecule has 0 aliphatic rings. The van der Waals surface area contributed by atoms with E-state index in [0.717, 1.165) is 6.54 Å². The van der Waals surface area contributed by atoms with Crippen LogP contribution in [0.1, 0.15) is 48.9 Å². The summed E-state index contributed by atoms with van der Waals surface area (Å²) in [6.07, 6.45) is 3.76. The average Bonchev–Trinajstić information content (AvgIpc) is 2.22. The molecule has 0 heterocycles. The lowest BCUT2D eigenvalue weighted by Gasteiger charge is -2.14. The Morgan fingerprint density at radius 1 is 1.12 bits per heavy atom. The first-order valence-corrected chi connectivity index (χ1v) is 6.84. The number of rotatable bonds is 6. The van der Waals surface area contributed by atoms with Crippen LogP contribution in [0, 0.1) is 20.8 Å². The summed E-state index contributed by atoms with van der Waals surface area (Å²) >= 11 is 0. The average molecular weight is 233 g/mol. The fourth-order valence-electron chi connectivity index (χ4n) is 2.64. The van der Waals surface area contributed by atoms with Crippen LogP contribution >= 0.6 is 0 Å². The molecule has 0 aromatic heterocycles. The van der Waals surface area contributed by atoms with Crippen LogP contribution in [0.4, 0.5) is 0 Å². The topological polar surface area (TPSA) is 12.0 Å². The highest BCUT2D eigenvalue weighted by Gasteiger charge is 2.05. The molecule has 17 heavy (non-hydrogen) atoms. The summed E-state index contributed by atoms with van der Waals surface area (Å²) < 4.78 is 0. The molecule has 1 atom stereocenters. The van der Waals surface area contributed by atoms with E-state index in [1.165, 1.54) is 36.0 Å². The third-order valence-corrected chi connectivity index (χ3v) is 3.46. The van der Waals surface area contributed by atoms with Gasteiger partial charge in [0.2, 0.25) is 0 Å². The predicted octanol–water partition coefficient (Wildman–Crippen LogP) is 3.93. The van der Waals surface area contributed by atoms with E-state index in [0.29, 0.717) is 6.04 Å². The van der Waals surface area contributed by atoms with Crippen molar-refractivity contribution in [1.29, 1.82) is 0 Å². The largest absolute Gasteiger partial charge is 0.315 e. The van der Waals surface area contributed by atoms with Crippen molar-refractivity contribution in [2.75, 3.05) is 6.54 Å². The summed E-state index contributed by atoms with van der Waals surface area (Å²) in [6, 6.07) is 5.25. The lowest BCUT2D eigenvalue weighted by molar-refractivity contribution is 0.512. The van der Waals surface area contributed by atoms with E-state index in [1.54, 1.807) is 5.56 Å². The Bertz CT molecular complexity index is 332. The van der Waals surface area contributed by atoms with Gasteiger partial charge in [0, 0.05) is 6.04 Å². The molecule has 0 radical (unpaired) electrons. The SMILES string of the molecule is CCNC(C)CCCc1c(C)cc(C)cc1C. The molecule has 1 aromatic carbocycles. The van der Waals surface area contributed by atoms with Crippen molar-refractivity contribution in [2.24, 2.45) is 0 Å². The third-order valence-electron chi connectivity index (χ3n) is 3.46. The molecule has 0 saturated heterocycles. The summed E-state index contributed by atoms with van der Waals surface area (Å²) in [5.41, 5.74) is 5.85. The molecule has 0 bridgehead atoms. The zero-order valence-corrected chi connectivity index (χ0v) is 12.1. The molecule has 1 heteroatoms. The highest BCUT2D eigenvalue weighted by atomic mass is 14.9. The Balaban J connectivity index is 2.52. The van der Waals surface area contributed by atoms with E-state index in [4.69, 9.17) is 0 Å².